The van der Waals surface area contributed by atoms with Gasteiger partial charge in [-0.15, -0.1) is 11.6 Å². The van der Waals surface area contributed by atoms with Crippen molar-refractivity contribution < 1.29 is 29.0 Å². The Balaban J connectivity index is 2.68. The van der Waals surface area contributed by atoms with Gasteiger partial charge in [0.15, 0.2) is 5.78 Å². The molecule has 22 heavy (non-hydrogen) atoms. The predicted molar refractivity (Wildman–Crippen MR) is 78.5 cm³/mol. The lowest BCUT2D eigenvalue weighted by Gasteiger charge is -2.32. The van der Waals surface area contributed by atoms with E-state index >= 15 is 0 Å². The van der Waals surface area contributed by atoms with Gasteiger partial charge in [0.1, 0.15) is 18.0 Å². The zero-order chi connectivity index (χ0) is 16.7. The van der Waals surface area contributed by atoms with Crippen molar-refractivity contribution in [3.63, 3.8) is 0 Å². The molecule has 7 nitrogen and oxygen atoms in total. The van der Waals surface area contributed by atoms with Gasteiger partial charge in [-0.25, -0.2) is 9.59 Å². The average molecular weight is 334 g/mol. The second-order valence-electron chi connectivity index (χ2n) is 5.00. The van der Waals surface area contributed by atoms with Crippen LogP contribution in [0.15, 0.2) is 12.7 Å². The van der Waals surface area contributed by atoms with Gasteiger partial charge < -0.3 is 19.9 Å². The molecule has 0 spiro atoms. The number of ether oxygens (including phenoxy) is 2. The summed E-state index contributed by atoms with van der Waals surface area (Å²) in [5.41, 5.74) is 0. The number of halogens is 1. The van der Waals surface area contributed by atoms with Gasteiger partial charge in [0.05, 0.1) is 13.2 Å². The normalized spacial score (nSPS) is 26.0. The molecule has 0 heterocycles. The van der Waals surface area contributed by atoms with Gasteiger partial charge in [-0.2, -0.15) is 0 Å². The molecule has 8 heteroatoms. The molecule has 0 aliphatic heterocycles. The van der Waals surface area contributed by atoms with Crippen LogP contribution in [0.4, 0.5) is 4.79 Å². The number of methoxy groups -OCH3 is 1. The number of carbonyl (C=O) groups is 3. The maximum Gasteiger partial charge on any atom is 0.408 e. The number of Topliss-reactive ketones (excluding diaryl/α,β-unsaturated/α-hetero) is 1. The van der Waals surface area contributed by atoms with Crippen LogP contribution in [0.1, 0.15) is 19.3 Å². The highest BCUT2D eigenvalue weighted by molar-refractivity contribution is 6.31. The molecule has 1 saturated carbocycles. The molecule has 2 N–H and O–H groups in total. The van der Waals surface area contributed by atoms with Gasteiger partial charge in [-0.05, 0) is 18.8 Å². The lowest BCUT2D eigenvalue weighted by Crippen LogP contribution is -2.47. The van der Waals surface area contributed by atoms with E-state index in [1.165, 1.54) is 13.2 Å². The molecule has 1 aliphatic rings. The number of aliphatic hydroxyl groups excluding tert-OH is 1. The van der Waals surface area contributed by atoms with E-state index in [0.29, 0.717) is 6.42 Å². The third kappa shape index (κ3) is 4.99. The van der Waals surface area contributed by atoms with Crippen molar-refractivity contribution in [3.05, 3.63) is 12.7 Å². The highest BCUT2D eigenvalue weighted by Gasteiger charge is 2.39. The van der Waals surface area contributed by atoms with Crippen molar-refractivity contribution in [2.24, 2.45) is 5.92 Å². The summed E-state index contributed by atoms with van der Waals surface area (Å²) in [7, 11) is 1.19. The van der Waals surface area contributed by atoms with Crippen LogP contribution in [0.25, 0.3) is 0 Å². The third-order valence-corrected chi connectivity index (χ3v) is 4.00. The summed E-state index contributed by atoms with van der Waals surface area (Å²) in [6.45, 7) is 3.41. The summed E-state index contributed by atoms with van der Waals surface area (Å²) < 4.78 is 9.38. The second kappa shape index (κ2) is 8.75. The third-order valence-electron chi connectivity index (χ3n) is 3.50. The van der Waals surface area contributed by atoms with E-state index in [9.17, 15) is 19.5 Å². The van der Waals surface area contributed by atoms with E-state index in [0.717, 1.165) is 0 Å². The van der Waals surface area contributed by atoms with Crippen molar-refractivity contribution >= 4 is 29.4 Å². The summed E-state index contributed by atoms with van der Waals surface area (Å²) in [5, 5.41) is 11.4. The first-order valence-corrected chi connectivity index (χ1v) is 7.31. The van der Waals surface area contributed by atoms with E-state index in [1.807, 2.05) is 0 Å². The number of ketones is 1. The Morgan fingerprint density at radius 1 is 1.59 bits per heavy atom. The molecule has 124 valence electrons. The molecule has 0 aromatic heterocycles. The number of nitrogens with one attached hydrogen (secondary N) is 1. The number of amides is 1. The number of aliphatic hydroxyl groups is 1. The zero-order valence-corrected chi connectivity index (χ0v) is 13.0. The fraction of sp³-hybridized carbons (Fsp3) is 0.643. The van der Waals surface area contributed by atoms with Gasteiger partial charge >= 0.3 is 12.1 Å². The Bertz CT molecular complexity index is 441. The van der Waals surface area contributed by atoms with Crippen molar-refractivity contribution in [2.45, 2.75) is 36.8 Å². The lowest BCUT2D eigenvalue weighted by atomic mass is 9.81. The van der Waals surface area contributed by atoms with Crippen molar-refractivity contribution in [3.8, 4) is 0 Å². The highest BCUT2D eigenvalue weighted by atomic mass is 35.5. The van der Waals surface area contributed by atoms with Crippen molar-refractivity contribution in [2.75, 3.05) is 13.7 Å². The van der Waals surface area contributed by atoms with Crippen LogP contribution >= 0.6 is 11.6 Å². The molecule has 0 unspecified atom stereocenters. The summed E-state index contributed by atoms with van der Waals surface area (Å²) in [6, 6.07) is -0.987. The summed E-state index contributed by atoms with van der Waals surface area (Å²) in [6.07, 6.45) is 0.250. The largest absolute Gasteiger partial charge is 0.467 e. The SMILES string of the molecule is C=CCOC(=O)N[C@@H](C[C@@H]1CCC(=O)[C@@H](Cl)[C@@H]1O)C(=O)OC. The van der Waals surface area contributed by atoms with Gasteiger partial charge in [-0.3, -0.25) is 4.79 Å². The summed E-state index contributed by atoms with van der Waals surface area (Å²) in [4.78, 5) is 34.7. The molecule has 4 atom stereocenters. The van der Waals surface area contributed by atoms with Crippen LogP contribution in [-0.2, 0) is 19.1 Å². The Hall–Kier alpha value is -1.60. The van der Waals surface area contributed by atoms with Crippen LogP contribution in [0, 0.1) is 5.92 Å². The Kier molecular flexibility index (Phi) is 7.34. The van der Waals surface area contributed by atoms with Crippen LogP contribution in [0.5, 0.6) is 0 Å². The zero-order valence-electron chi connectivity index (χ0n) is 12.3. The number of hydrogen-bond acceptors (Lipinski definition) is 6. The minimum Gasteiger partial charge on any atom is -0.467 e. The topological polar surface area (TPSA) is 102 Å². The predicted octanol–water partition coefficient (Wildman–Crippen LogP) is 0.778. The smallest absolute Gasteiger partial charge is 0.408 e. The highest BCUT2D eigenvalue weighted by Crippen LogP contribution is 2.29. The summed E-state index contributed by atoms with van der Waals surface area (Å²) >= 11 is 5.84. The van der Waals surface area contributed by atoms with Crippen LogP contribution in [0.3, 0.4) is 0 Å². The minimum absolute atomic E-state index is 0.00400. The molecule has 0 aromatic carbocycles. The molecule has 0 bridgehead atoms. The average Bonchev–Trinajstić information content (AvgIpc) is 2.51. The van der Waals surface area contributed by atoms with E-state index < -0.39 is 35.5 Å². The second-order valence-corrected chi connectivity index (χ2v) is 5.47. The van der Waals surface area contributed by atoms with Crippen molar-refractivity contribution in [1.29, 1.82) is 0 Å². The standard InChI is InChI=1S/C14H20ClNO6/c1-3-6-22-14(20)16-9(13(19)21-2)7-8-4-5-10(17)11(15)12(8)18/h3,8-9,11-12,18H,1,4-7H2,2H3,(H,16,20)/t8-,9-,11+,12+/m0/s1. The maximum absolute atomic E-state index is 11.8. The molecule has 1 amide bonds. The first-order valence-electron chi connectivity index (χ1n) is 6.87. The van der Waals surface area contributed by atoms with Gasteiger partial charge in [-0.1, -0.05) is 12.7 Å². The first-order chi connectivity index (χ1) is 10.4. The first kappa shape index (κ1) is 18.4. The van der Waals surface area contributed by atoms with E-state index in [1.54, 1.807) is 0 Å². The van der Waals surface area contributed by atoms with Gasteiger partial charge in [0.25, 0.3) is 0 Å². The Labute approximate surface area is 133 Å². The fourth-order valence-electron chi connectivity index (χ4n) is 2.30. The molecule has 0 aromatic rings. The molecule has 1 fully saturated rings. The Morgan fingerprint density at radius 3 is 2.86 bits per heavy atom. The number of carbonyl (C=O) groups excluding carboxylic acids is 3. The molecule has 0 saturated heterocycles. The number of alkyl carbamates (subject to hydrolysis) is 1. The molecular weight excluding hydrogens is 314 g/mol. The number of rotatable bonds is 6. The fourth-order valence-corrected chi connectivity index (χ4v) is 2.62. The van der Waals surface area contributed by atoms with Crippen LogP contribution < -0.4 is 5.32 Å². The quantitative estimate of drug-likeness (QED) is 0.423. The van der Waals surface area contributed by atoms with Crippen LogP contribution in [-0.4, -0.2) is 54.2 Å². The number of hydrogen-bond donors (Lipinski definition) is 2. The maximum atomic E-state index is 11.8. The molecule has 0 radical (unpaired) electrons. The molecule has 1 aliphatic carbocycles. The number of alkyl halides is 1. The lowest BCUT2D eigenvalue weighted by molar-refractivity contribution is -0.143. The molecule has 1 rings (SSSR count). The molecular formula is C14H20ClNO6. The van der Waals surface area contributed by atoms with E-state index in [2.05, 4.69) is 16.6 Å². The summed E-state index contributed by atoms with van der Waals surface area (Å²) in [5.74, 6) is -1.28. The van der Waals surface area contributed by atoms with Crippen LogP contribution in [0.2, 0.25) is 0 Å². The van der Waals surface area contributed by atoms with E-state index in [4.69, 9.17) is 16.3 Å². The number of esters is 1. The monoisotopic (exact) mass is 333 g/mol. The van der Waals surface area contributed by atoms with Gasteiger partial charge in [0, 0.05) is 6.42 Å². The van der Waals surface area contributed by atoms with Gasteiger partial charge in [0.2, 0.25) is 0 Å². The van der Waals surface area contributed by atoms with E-state index in [-0.39, 0.29) is 25.2 Å². The van der Waals surface area contributed by atoms with Crippen molar-refractivity contribution in [1.82, 2.24) is 5.32 Å². The Morgan fingerprint density at radius 2 is 2.27 bits per heavy atom. The minimum atomic E-state index is -1.07.